The molecule has 17 aromatic carbocycles. The van der Waals surface area contributed by atoms with Crippen LogP contribution in [0.4, 0.5) is 34.1 Å². The normalized spacial score (nSPS) is 11.7. The number of hydrogen-bond donors (Lipinski definition) is 0. The summed E-state index contributed by atoms with van der Waals surface area (Å²) in [7, 11) is 0. The number of anilines is 6. The molecule has 0 saturated carbocycles. The first-order valence-corrected chi connectivity index (χ1v) is 39.5. The standard InChI is InChI=1S/C54H34N2S2.C48H32N2S/c1-2-15-35(16-3-1)40-23-13-24-45-44-32-31-38(34-52(44)58-53(40)45)55(50-29-14-25-46-43-22-7-11-30-51(43)57-54(46)50)37-18-12-17-36(33-37)39-19-4-8-26-47(39)56-48-27-9-5-20-41(48)42-21-6-10-28-49(42)56;1-2-15-33(16-3-1)37-19-4-9-24-43(37)49(36-29-30-42-41-23-8-13-28-47(41)51-48(42)32-36)35-18-14-17-34(31-35)38-20-5-10-25-44(38)50-45-26-11-6-21-39(45)40-22-7-12-27-46(40)50/h1-34H;1-32H. The predicted octanol–water partition coefficient (Wildman–Crippen LogP) is 30.3. The molecular weight excluding hydrogens is 1380 g/mol. The van der Waals surface area contributed by atoms with Gasteiger partial charge in [0.25, 0.3) is 0 Å². The van der Waals surface area contributed by atoms with Gasteiger partial charge in [0.05, 0.1) is 49.5 Å². The second kappa shape index (κ2) is 26.9. The van der Waals surface area contributed by atoms with Crippen molar-refractivity contribution in [1.29, 1.82) is 0 Å². The number of thiophene rings is 3. The maximum Gasteiger partial charge on any atom is 0.0640 e. The molecule has 4 nitrogen and oxygen atoms in total. The third-order valence-electron chi connectivity index (χ3n) is 21.6. The zero-order valence-electron chi connectivity index (χ0n) is 59.1. The fourth-order valence-electron chi connectivity index (χ4n) is 16.7. The quantitative estimate of drug-likeness (QED) is 0.121. The molecule has 0 saturated heterocycles. The van der Waals surface area contributed by atoms with Crippen LogP contribution >= 0.6 is 34.0 Å². The fraction of sp³-hybridized carbons (Fsp3) is 0. The van der Waals surface area contributed by atoms with E-state index in [2.05, 4.69) is 419 Å². The third kappa shape index (κ3) is 11.0. The van der Waals surface area contributed by atoms with Crippen molar-refractivity contribution in [3.05, 3.63) is 400 Å². The van der Waals surface area contributed by atoms with Gasteiger partial charge in [-0.25, -0.2) is 0 Å². The van der Waals surface area contributed by atoms with Crippen molar-refractivity contribution in [1.82, 2.24) is 9.13 Å². The summed E-state index contributed by atoms with van der Waals surface area (Å²) in [4.78, 5) is 4.91. The molecule has 0 unspecified atom stereocenters. The monoisotopic (exact) mass is 1440 g/mol. The molecule has 22 rings (SSSR count). The van der Waals surface area contributed by atoms with Gasteiger partial charge in [-0.3, -0.25) is 0 Å². The fourth-order valence-corrected chi connectivity index (χ4v) is 20.3. The van der Waals surface area contributed by atoms with E-state index in [1.807, 2.05) is 34.0 Å². The molecule has 22 aromatic rings. The molecule has 0 aliphatic rings. The Morgan fingerprint density at radius 3 is 1.06 bits per heavy atom. The average molecular weight is 1440 g/mol. The Kier molecular flexibility index (Phi) is 15.8. The van der Waals surface area contributed by atoms with Gasteiger partial charge in [0, 0.05) is 117 Å². The topological polar surface area (TPSA) is 16.3 Å². The van der Waals surface area contributed by atoms with E-state index in [9.17, 15) is 0 Å². The molecule has 0 N–H and O–H groups in total. The first-order valence-electron chi connectivity index (χ1n) is 37.0. The number of fused-ring (bicyclic) bond motifs is 15. The van der Waals surface area contributed by atoms with Crippen molar-refractivity contribution < 1.29 is 0 Å². The summed E-state index contributed by atoms with van der Waals surface area (Å²) in [5, 5.41) is 12.8. The van der Waals surface area contributed by atoms with Gasteiger partial charge in [-0.1, -0.05) is 291 Å². The van der Waals surface area contributed by atoms with E-state index in [0.29, 0.717) is 0 Å². The van der Waals surface area contributed by atoms with E-state index in [0.717, 1.165) is 45.4 Å². The van der Waals surface area contributed by atoms with E-state index < -0.39 is 0 Å². The molecule has 0 radical (unpaired) electrons. The summed E-state index contributed by atoms with van der Waals surface area (Å²) in [6.45, 7) is 0. The zero-order valence-corrected chi connectivity index (χ0v) is 61.6. The minimum absolute atomic E-state index is 1.10. The third-order valence-corrected chi connectivity index (χ3v) is 25.1. The highest BCUT2D eigenvalue weighted by Crippen LogP contribution is 2.51. The SMILES string of the molecule is c1ccc(-c2cccc3c2sc2cc(N(c4cccc(-c5ccccc5-n5c6ccccc6c6ccccc65)c4)c4cccc5c4sc4ccccc45)ccc23)cc1.c1ccc(-c2ccccc2N(c2cccc(-c3ccccc3-n3c4ccccc4c4ccccc43)c2)c2ccc3c(c2)sc2ccccc23)cc1. The van der Waals surface area contributed by atoms with E-state index in [1.165, 1.54) is 149 Å². The van der Waals surface area contributed by atoms with E-state index in [1.54, 1.807) is 0 Å². The van der Waals surface area contributed by atoms with Crippen molar-refractivity contribution in [3.63, 3.8) is 0 Å². The minimum Gasteiger partial charge on any atom is -0.310 e. The molecule has 512 valence electrons. The first kappa shape index (κ1) is 64.0. The average Bonchev–Trinajstić information content (AvgIpc) is 1.57. The zero-order chi connectivity index (χ0) is 71.9. The number of nitrogens with zero attached hydrogens (tertiary/aromatic N) is 4. The van der Waals surface area contributed by atoms with Crippen LogP contribution < -0.4 is 9.80 Å². The molecular formula is C102H66N4S3. The molecule has 5 aromatic heterocycles. The lowest BCUT2D eigenvalue weighted by Gasteiger charge is -2.28. The first-order chi connectivity index (χ1) is 54.1. The highest BCUT2D eigenvalue weighted by molar-refractivity contribution is 7.27. The summed E-state index contributed by atoms with van der Waals surface area (Å²) < 4.78 is 12.6. The predicted molar refractivity (Wildman–Crippen MR) is 471 cm³/mol. The second-order valence-corrected chi connectivity index (χ2v) is 31.0. The smallest absolute Gasteiger partial charge is 0.0640 e. The van der Waals surface area contributed by atoms with Crippen LogP contribution in [0.1, 0.15) is 0 Å². The van der Waals surface area contributed by atoms with Crippen molar-refractivity contribution in [3.8, 4) is 55.9 Å². The van der Waals surface area contributed by atoms with Gasteiger partial charge in [-0.05, 0) is 137 Å². The van der Waals surface area contributed by atoms with Crippen LogP contribution in [0.5, 0.6) is 0 Å². The van der Waals surface area contributed by atoms with E-state index in [4.69, 9.17) is 0 Å². The van der Waals surface area contributed by atoms with Gasteiger partial charge in [-0.15, -0.1) is 34.0 Å². The second-order valence-electron chi connectivity index (χ2n) is 27.8. The van der Waals surface area contributed by atoms with Gasteiger partial charge >= 0.3 is 0 Å². The molecule has 0 aliphatic heterocycles. The number of hydrogen-bond acceptors (Lipinski definition) is 5. The van der Waals surface area contributed by atoms with Crippen LogP contribution in [0.15, 0.2) is 400 Å². The van der Waals surface area contributed by atoms with Gasteiger partial charge in [0.1, 0.15) is 0 Å². The lowest BCUT2D eigenvalue weighted by atomic mass is 9.99. The van der Waals surface area contributed by atoms with Gasteiger partial charge in [0.15, 0.2) is 0 Å². The highest BCUT2D eigenvalue weighted by Gasteiger charge is 2.25. The van der Waals surface area contributed by atoms with E-state index in [-0.39, 0.29) is 0 Å². The Balaban J connectivity index is 0.000000140. The van der Waals surface area contributed by atoms with Gasteiger partial charge in [0.2, 0.25) is 0 Å². The molecule has 109 heavy (non-hydrogen) atoms. The maximum atomic E-state index is 2.48. The minimum atomic E-state index is 1.10. The van der Waals surface area contributed by atoms with Crippen molar-refractivity contribution >= 4 is 172 Å². The molecule has 5 heterocycles. The molecule has 0 spiro atoms. The summed E-state index contributed by atoms with van der Waals surface area (Å²) >= 11 is 5.62. The van der Waals surface area contributed by atoms with Crippen LogP contribution in [-0.4, -0.2) is 9.13 Å². The lowest BCUT2D eigenvalue weighted by molar-refractivity contribution is 1.18. The summed E-state index contributed by atoms with van der Waals surface area (Å²) in [5.74, 6) is 0. The molecule has 0 bridgehead atoms. The molecule has 7 heteroatoms. The van der Waals surface area contributed by atoms with E-state index >= 15 is 0 Å². The number of aromatic nitrogens is 2. The van der Waals surface area contributed by atoms with Crippen LogP contribution in [-0.2, 0) is 0 Å². The van der Waals surface area contributed by atoms with Gasteiger partial charge < -0.3 is 18.9 Å². The van der Waals surface area contributed by atoms with Crippen molar-refractivity contribution in [2.24, 2.45) is 0 Å². The number of rotatable bonds is 12. The molecule has 0 atom stereocenters. The van der Waals surface area contributed by atoms with Gasteiger partial charge in [-0.2, -0.15) is 0 Å². The Bertz CT molecular complexity index is 7170. The van der Waals surface area contributed by atoms with Crippen molar-refractivity contribution in [2.45, 2.75) is 0 Å². The Labute approximate surface area is 642 Å². The van der Waals surface area contributed by atoms with Crippen molar-refractivity contribution in [2.75, 3.05) is 9.80 Å². The number of para-hydroxylation sites is 7. The summed E-state index contributed by atoms with van der Waals surface area (Å²) in [5.41, 5.74) is 23.5. The number of benzene rings is 17. The Hall–Kier alpha value is -13.4. The molecule has 0 aliphatic carbocycles. The molecule has 0 fully saturated rings. The molecule has 0 amide bonds. The summed E-state index contributed by atoms with van der Waals surface area (Å²) in [6, 6.07) is 146. The maximum absolute atomic E-state index is 2.48. The largest absolute Gasteiger partial charge is 0.310 e. The highest BCUT2D eigenvalue weighted by atomic mass is 32.1. The summed E-state index contributed by atoms with van der Waals surface area (Å²) in [6.07, 6.45) is 0. The van der Waals surface area contributed by atoms with Crippen LogP contribution in [0, 0.1) is 0 Å². The lowest BCUT2D eigenvalue weighted by Crippen LogP contribution is -2.11. The Morgan fingerprint density at radius 2 is 0.514 bits per heavy atom. The van der Waals surface area contributed by atoms with Crippen LogP contribution in [0.2, 0.25) is 0 Å². The Morgan fingerprint density at radius 1 is 0.183 bits per heavy atom. The van der Waals surface area contributed by atoms with Crippen LogP contribution in [0.25, 0.3) is 160 Å². The van der Waals surface area contributed by atoms with Crippen LogP contribution in [0.3, 0.4) is 0 Å².